The summed E-state index contributed by atoms with van der Waals surface area (Å²) in [6, 6.07) is 9.71. The molecular weight excluding hydrogens is 308 g/mol. The Morgan fingerprint density at radius 2 is 1.79 bits per heavy atom. The van der Waals surface area contributed by atoms with Crippen LogP contribution < -0.4 is 0 Å². The number of hydrogen-bond acceptors (Lipinski definition) is 5. The largest absolute Gasteiger partial charge is 0.458 e. The van der Waals surface area contributed by atoms with Crippen LogP contribution in [-0.4, -0.2) is 36.4 Å². The summed E-state index contributed by atoms with van der Waals surface area (Å²) in [7, 11) is 0. The number of hydrogen-bond donors (Lipinski definition) is 1. The molecule has 0 amide bonds. The fraction of sp³-hybridized carbons (Fsp3) is 0.368. The fourth-order valence-corrected chi connectivity index (χ4v) is 1.82. The average molecular weight is 332 g/mol. The van der Waals surface area contributed by atoms with Crippen LogP contribution >= 0.6 is 0 Å². The Bertz CT molecular complexity index is 577. The molecular formula is C19H24O5. The van der Waals surface area contributed by atoms with Crippen LogP contribution in [0.15, 0.2) is 54.6 Å². The fourth-order valence-electron chi connectivity index (χ4n) is 1.82. The number of aryl methyl sites for hydroxylation is 1. The average Bonchev–Trinajstić information content (AvgIpc) is 2.62. The quantitative estimate of drug-likeness (QED) is 0.527. The van der Waals surface area contributed by atoms with Gasteiger partial charge in [0.1, 0.15) is 6.61 Å². The zero-order valence-corrected chi connectivity index (χ0v) is 14.0. The van der Waals surface area contributed by atoms with Crippen LogP contribution in [0.5, 0.6) is 0 Å². The monoisotopic (exact) mass is 332 g/mol. The molecule has 0 aliphatic heterocycles. The van der Waals surface area contributed by atoms with Gasteiger partial charge in [0.15, 0.2) is 6.10 Å². The Kier molecular flexibility index (Phi) is 8.50. The van der Waals surface area contributed by atoms with Crippen molar-refractivity contribution in [2.75, 3.05) is 13.2 Å². The third kappa shape index (κ3) is 6.79. The first-order valence-corrected chi connectivity index (χ1v) is 7.86. The van der Waals surface area contributed by atoms with Gasteiger partial charge in [0.25, 0.3) is 0 Å². The lowest BCUT2D eigenvalue weighted by Crippen LogP contribution is -2.29. The molecule has 0 spiro atoms. The van der Waals surface area contributed by atoms with Gasteiger partial charge in [-0.3, -0.25) is 0 Å². The molecule has 1 atom stereocenters. The molecule has 1 unspecified atom stereocenters. The van der Waals surface area contributed by atoms with Crippen molar-refractivity contribution in [3.05, 3.63) is 60.2 Å². The minimum atomic E-state index is -0.917. The predicted molar refractivity (Wildman–Crippen MR) is 91.3 cm³/mol. The number of aliphatic hydroxyl groups is 1. The van der Waals surface area contributed by atoms with Gasteiger partial charge in [-0.15, -0.1) is 0 Å². The van der Waals surface area contributed by atoms with Crippen molar-refractivity contribution in [3.8, 4) is 0 Å². The zero-order chi connectivity index (χ0) is 17.9. The number of aliphatic hydroxyl groups excluding tert-OH is 1. The van der Waals surface area contributed by atoms with Gasteiger partial charge in [-0.1, -0.05) is 50.4 Å². The maximum atomic E-state index is 12.0. The minimum Gasteiger partial charge on any atom is -0.458 e. The maximum absolute atomic E-state index is 12.0. The second kappa shape index (κ2) is 10.4. The first-order valence-electron chi connectivity index (χ1n) is 7.86. The molecule has 0 aliphatic rings. The molecule has 0 saturated carbocycles. The topological polar surface area (TPSA) is 72.8 Å². The molecule has 0 bridgehead atoms. The van der Waals surface area contributed by atoms with E-state index in [9.17, 15) is 14.7 Å². The molecule has 0 saturated heterocycles. The van der Waals surface area contributed by atoms with E-state index in [0.717, 1.165) is 5.56 Å². The van der Waals surface area contributed by atoms with E-state index in [1.165, 1.54) is 0 Å². The Hall–Kier alpha value is -2.40. The normalized spacial score (nSPS) is 11.4. The lowest BCUT2D eigenvalue weighted by molar-refractivity contribution is -0.156. The van der Waals surface area contributed by atoms with Crippen molar-refractivity contribution >= 4 is 11.9 Å². The Balaban J connectivity index is 2.41. The van der Waals surface area contributed by atoms with Crippen molar-refractivity contribution < 1.29 is 24.2 Å². The summed E-state index contributed by atoms with van der Waals surface area (Å²) in [5.41, 5.74) is 1.73. The van der Waals surface area contributed by atoms with Gasteiger partial charge in [-0.05, 0) is 24.8 Å². The van der Waals surface area contributed by atoms with E-state index >= 15 is 0 Å². The molecule has 1 rings (SSSR count). The van der Waals surface area contributed by atoms with Gasteiger partial charge in [0, 0.05) is 11.1 Å². The van der Waals surface area contributed by atoms with Gasteiger partial charge in [-0.25, -0.2) is 9.59 Å². The Morgan fingerprint density at radius 3 is 2.38 bits per heavy atom. The summed E-state index contributed by atoms with van der Waals surface area (Å²) in [5.74, 6) is -1.16. The summed E-state index contributed by atoms with van der Waals surface area (Å²) in [6.45, 7) is 8.40. The molecule has 5 heteroatoms. The van der Waals surface area contributed by atoms with Crippen LogP contribution in [0.1, 0.15) is 25.3 Å². The van der Waals surface area contributed by atoms with Crippen LogP contribution in [0.3, 0.4) is 0 Å². The van der Waals surface area contributed by atoms with Crippen LogP contribution in [0.2, 0.25) is 0 Å². The lowest BCUT2D eigenvalue weighted by Gasteiger charge is -2.16. The van der Waals surface area contributed by atoms with Crippen LogP contribution in [0.4, 0.5) is 0 Å². The molecule has 1 aromatic rings. The van der Waals surface area contributed by atoms with E-state index < -0.39 is 24.6 Å². The standard InChI is InChI=1S/C19H24O5/c1-4-14(2)18(21)23-13-17(12-20)24-19(22)15(3)10-11-16-8-6-5-7-9-16/h5-9,17,20H,2-4,10-13H2,1H3. The minimum absolute atomic E-state index is 0.216. The smallest absolute Gasteiger partial charge is 0.333 e. The van der Waals surface area contributed by atoms with E-state index in [4.69, 9.17) is 9.47 Å². The summed E-state index contributed by atoms with van der Waals surface area (Å²) in [4.78, 5) is 23.5. The van der Waals surface area contributed by atoms with Crippen LogP contribution in [-0.2, 0) is 25.5 Å². The third-order valence-electron chi connectivity index (χ3n) is 3.44. The first-order chi connectivity index (χ1) is 11.5. The molecule has 5 nitrogen and oxygen atoms in total. The van der Waals surface area contributed by atoms with Crippen molar-refractivity contribution in [1.82, 2.24) is 0 Å². The summed E-state index contributed by atoms with van der Waals surface area (Å²) in [5, 5.41) is 9.25. The third-order valence-corrected chi connectivity index (χ3v) is 3.44. The predicted octanol–water partition coefficient (Wildman–Crippen LogP) is 2.59. The molecule has 24 heavy (non-hydrogen) atoms. The van der Waals surface area contributed by atoms with Crippen LogP contribution in [0, 0.1) is 0 Å². The van der Waals surface area contributed by atoms with E-state index in [1.54, 1.807) is 6.92 Å². The molecule has 0 fully saturated rings. The van der Waals surface area contributed by atoms with Gasteiger partial charge >= 0.3 is 11.9 Å². The molecule has 0 radical (unpaired) electrons. The van der Waals surface area contributed by atoms with Gasteiger partial charge in [0.05, 0.1) is 6.61 Å². The highest BCUT2D eigenvalue weighted by atomic mass is 16.6. The summed E-state index contributed by atoms with van der Waals surface area (Å²) < 4.78 is 10.1. The molecule has 130 valence electrons. The van der Waals surface area contributed by atoms with Gasteiger partial charge in [0.2, 0.25) is 0 Å². The lowest BCUT2D eigenvalue weighted by atomic mass is 10.1. The Labute approximate surface area is 142 Å². The highest BCUT2D eigenvalue weighted by molar-refractivity contribution is 5.88. The number of esters is 2. The second-order valence-electron chi connectivity index (χ2n) is 5.35. The molecule has 0 aromatic heterocycles. The number of rotatable bonds is 10. The molecule has 0 aliphatic carbocycles. The van der Waals surface area contributed by atoms with Crippen molar-refractivity contribution in [2.45, 2.75) is 32.3 Å². The van der Waals surface area contributed by atoms with Crippen molar-refractivity contribution in [3.63, 3.8) is 0 Å². The van der Waals surface area contributed by atoms with Crippen molar-refractivity contribution in [1.29, 1.82) is 0 Å². The second-order valence-corrected chi connectivity index (χ2v) is 5.35. The zero-order valence-electron chi connectivity index (χ0n) is 14.0. The molecule has 0 heterocycles. The molecule has 1 aromatic carbocycles. The molecule has 1 N–H and O–H groups in total. The van der Waals surface area contributed by atoms with Gasteiger partial charge in [-0.2, -0.15) is 0 Å². The Morgan fingerprint density at radius 1 is 1.12 bits per heavy atom. The van der Waals surface area contributed by atoms with E-state index in [-0.39, 0.29) is 6.61 Å². The van der Waals surface area contributed by atoms with E-state index in [2.05, 4.69) is 13.2 Å². The first kappa shape index (κ1) is 19.6. The highest BCUT2D eigenvalue weighted by Crippen LogP contribution is 2.10. The highest BCUT2D eigenvalue weighted by Gasteiger charge is 2.18. The van der Waals surface area contributed by atoms with E-state index in [0.29, 0.717) is 30.4 Å². The number of carbonyl (C=O) groups excluding carboxylic acids is 2. The number of benzene rings is 1. The van der Waals surface area contributed by atoms with Gasteiger partial charge < -0.3 is 14.6 Å². The SMILES string of the molecule is C=C(CC)C(=O)OCC(CO)OC(=O)C(=C)CCc1ccccc1. The van der Waals surface area contributed by atoms with Crippen LogP contribution in [0.25, 0.3) is 0 Å². The van der Waals surface area contributed by atoms with E-state index in [1.807, 2.05) is 30.3 Å². The number of carbonyl (C=O) groups is 2. The number of ether oxygens (including phenoxy) is 2. The maximum Gasteiger partial charge on any atom is 0.333 e. The summed E-state index contributed by atoms with van der Waals surface area (Å²) in [6.07, 6.45) is 0.676. The summed E-state index contributed by atoms with van der Waals surface area (Å²) >= 11 is 0. The van der Waals surface area contributed by atoms with Crippen molar-refractivity contribution in [2.24, 2.45) is 0 Å².